The minimum atomic E-state index is -4.31. The average Bonchev–Trinajstić information content (AvgIpc) is 2.30. The molecular formula is C9H10F2N2O4S. The number of anilines is 1. The van der Waals surface area contributed by atoms with E-state index in [1.807, 2.05) is 0 Å². The molecule has 0 heterocycles. The summed E-state index contributed by atoms with van der Waals surface area (Å²) in [5.41, 5.74) is 4.62. The third-order valence-electron chi connectivity index (χ3n) is 1.97. The molecule has 1 rings (SSSR count). The maximum atomic E-state index is 13.3. The van der Waals surface area contributed by atoms with Gasteiger partial charge in [0.2, 0.25) is 10.0 Å². The SMILES string of the molecule is COC(=O)CNS(=O)(=O)c1cc(N)c(F)cc1F. The van der Waals surface area contributed by atoms with Gasteiger partial charge in [0.25, 0.3) is 0 Å². The third-order valence-corrected chi connectivity index (χ3v) is 3.39. The molecule has 18 heavy (non-hydrogen) atoms. The van der Waals surface area contributed by atoms with Crippen molar-refractivity contribution in [3.8, 4) is 0 Å². The zero-order valence-electron chi connectivity index (χ0n) is 9.24. The van der Waals surface area contributed by atoms with Gasteiger partial charge >= 0.3 is 5.97 Å². The van der Waals surface area contributed by atoms with E-state index in [0.717, 1.165) is 7.11 Å². The second-order valence-electron chi connectivity index (χ2n) is 3.20. The number of carbonyl (C=O) groups is 1. The number of sulfonamides is 1. The van der Waals surface area contributed by atoms with Crippen molar-refractivity contribution in [2.24, 2.45) is 0 Å². The van der Waals surface area contributed by atoms with Gasteiger partial charge in [0.15, 0.2) is 0 Å². The topological polar surface area (TPSA) is 98.5 Å². The molecule has 0 radical (unpaired) electrons. The number of carbonyl (C=O) groups excluding carboxylic acids is 1. The van der Waals surface area contributed by atoms with Crippen LogP contribution in [0.1, 0.15) is 0 Å². The second-order valence-corrected chi connectivity index (χ2v) is 4.94. The Kier molecular flexibility index (Phi) is 4.19. The Hall–Kier alpha value is -1.74. The fraction of sp³-hybridized carbons (Fsp3) is 0.222. The predicted octanol–water partition coefficient (Wildman–Crippen LogP) is -0.00170. The van der Waals surface area contributed by atoms with Gasteiger partial charge in [-0.1, -0.05) is 0 Å². The van der Waals surface area contributed by atoms with E-state index in [9.17, 15) is 22.0 Å². The average molecular weight is 280 g/mol. The summed E-state index contributed by atoms with van der Waals surface area (Å²) in [6.45, 7) is -0.671. The Morgan fingerprint density at radius 2 is 2.00 bits per heavy atom. The Labute approximate surface area is 102 Å². The number of rotatable bonds is 4. The number of nitrogens with one attached hydrogen (secondary N) is 1. The van der Waals surface area contributed by atoms with Crippen LogP contribution in [0.4, 0.5) is 14.5 Å². The van der Waals surface area contributed by atoms with Crippen LogP contribution in [0.5, 0.6) is 0 Å². The van der Waals surface area contributed by atoms with E-state index in [0.29, 0.717) is 12.1 Å². The summed E-state index contributed by atoms with van der Waals surface area (Å²) in [6, 6.07) is 0.978. The molecule has 0 bridgehead atoms. The lowest BCUT2D eigenvalue weighted by atomic mass is 10.3. The molecule has 1 aromatic rings. The van der Waals surface area contributed by atoms with Crippen LogP contribution >= 0.6 is 0 Å². The highest BCUT2D eigenvalue weighted by molar-refractivity contribution is 7.89. The highest BCUT2D eigenvalue weighted by Crippen LogP contribution is 2.20. The molecule has 0 saturated heterocycles. The summed E-state index contributed by atoms with van der Waals surface area (Å²) in [4.78, 5) is 9.93. The zero-order chi connectivity index (χ0) is 13.9. The first-order chi connectivity index (χ1) is 8.27. The molecule has 0 aliphatic rings. The van der Waals surface area contributed by atoms with Crippen molar-refractivity contribution in [1.82, 2.24) is 4.72 Å². The fourth-order valence-electron chi connectivity index (χ4n) is 1.05. The van der Waals surface area contributed by atoms with Crippen LogP contribution in [0.25, 0.3) is 0 Å². The van der Waals surface area contributed by atoms with Crippen LogP contribution < -0.4 is 10.5 Å². The van der Waals surface area contributed by atoms with E-state index < -0.39 is 44.8 Å². The Balaban J connectivity index is 3.06. The van der Waals surface area contributed by atoms with Gasteiger partial charge in [-0.05, 0) is 6.07 Å². The maximum absolute atomic E-state index is 13.3. The van der Waals surface area contributed by atoms with Gasteiger partial charge in [0.1, 0.15) is 23.1 Å². The molecule has 0 saturated carbocycles. The first-order valence-electron chi connectivity index (χ1n) is 4.59. The van der Waals surface area contributed by atoms with Crippen molar-refractivity contribution in [3.05, 3.63) is 23.8 Å². The molecule has 0 amide bonds. The van der Waals surface area contributed by atoms with E-state index in [2.05, 4.69) is 4.74 Å². The van der Waals surface area contributed by atoms with Crippen molar-refractivity contribution in [2.45, 2.75) is 4.90 Å². The van der Waals surface area contributed by atoms with Gasteiger partial charge in [0.05, 0.1) is 12.8 Å². The highest BCUT2D eigenvalue weighted by Gasteiger charge is 2.22. The van der Waals surface area contributed by atoms with Gasteiger partial charge < -0.3 is 10.5 Å². The number of methoxy groups -OCH3 is 1. The number of halogens is 2. The molecule has 9 heteroatoms. The molecular weight excluding hydrogens is 270 g/mol. The number of benzene rings is 1. The quantitative estimate of drug-likeness (QED) is 0.597. The van der Waals surface area contributed by atoms with Crippen molar-refractivity contribution in [3.63, 3.8) is 0 Å². The van der Waals surface area contributed by atoms with E-state index in [1.165, 1.54) is 0 Å². The van der Waals surface area contributed by atoms with Crippen molar-refractivity contribution in [1.29, 1.82) is 0 Å². The lowest BCUT2D eigenvalue weighted by Crippen LogP contribution is -2.31. The molecule has 100 valence electrons. The predicted molar refractivity (Wildman–Crippen MR) is 58.0 cm³/mol. The van der Waals surface area contributed by atoms with E-state index in [1.54, 1.807) is 4.72 Å². The smallest absolute Gasteiger partial charge is 0.320 e. The number of esters is 1. The minimum Gasteiger partial charge on any atom is -0.468 e. The fourth-order valence-corrected chi connectivity index (χ4v) is 2.12. The largest absolute Gasteiger partial charge is 0.468 e. The molecule has 0 aliphatic heterocycles. The molecule has 0 aromatic heterocycles. The number of ether oxygens (including phenoxy) is 1. The van der Waals surface area contributed by atoms with Crippen LogP contribution in [0, 0.1) is 11.6 Å². The molecule has 6 nitrogen and oxygen atoms in total. The molecule has 0 fully saturated rings. The Morgan fingerprint density at radius 3 is 2.56 bits per heavy atom. The third kappa shape index (κ3) is 3.14. The van der Waals surface area contributed by atoms with Gasteiger partial charge in [0, 0.05) is 6.07 Å². The molecule has 0 aliphatic carbocycles. The highest BCUT2D eigenvalue weighted by atomic mass is 32.2. The molecule has 0 spiro atoms. The Bertz CT molecular complexity index is 574. The van der Waals surface area contributed by atoms with Crippen molar-refractivity contribution < 1.29 is 26.7 Å². The van der Waals surface area contributed by atoms with Gasteiger partial charge in [-0.2, -0.15) is 4.72 Å². The van der Waals surface area contributed by atoms with Crippen LogP contribution in [0.3, 0.4) is 0 Å². The van der Waals surface area contributed by atoms with Crippen LogP contribution in [-0.2, 0) is 19.6 Å². The standard InChI is InChI=1S/C9H10F2N2O4S/c1-17-9(14)4-13-18(15,16)8-3-7(12)5(10)2-6(8)11/h2-3,13H,4,12H2,1H3. The minimum absolute atomic E-state index is 0.349. The van der Waals surface area contributed by atoms with Crippen LogP contribution in [-0.4, -0.2) is 28.0 Å². The number of hydrogen-bond acceptors (Lipinski definition) is 5. The lowest BCUT2D eigenvalue weighted by molar-refractivity contribution is -0.139. The van der Waals surface area contributed by atoms with E-state index in [-0.39, 0.29) is 0 Å². The maximum Gasteiger partial charge on any atom is 0.320 e. The van der Waals surface area contributed by atoms with Crippen molar-refractivity contribution >= 4 is 21.7 Å². The first-order valence-corrected chi connectivity index (χ1v) is 6.07. The van der Waals surface area contributed by atoms with Gasteiger partial charge in [-0.3, -0.25) is 4.79 Å². The van der Waals surface area contributed by atoms with Gasteiger partial charge in [-0.25, -0.2) is 17.2 Å². The summed E-state index contributed by atoms with van der Waals surface area (Å²) >= 11 is 0. The second kappa shape index (κ2) is 5.27. The summed E-state index contributed by atoms with van der Waals surface area (Å²) in [7, 11) is -3.25. The number of hydrogen-bond donors (Lipinski definition) is 2. The summed E-state index contributed by atoms with van der Waals surface area (Å²) in [5, 5.41) is 0. The number of nitrogens with two attached hydrogens (primary N) is 1. The molecule has 1 aromatic carbocycles. The lowest BCUT2D eigenvalue weighted by Gasteiger charge is -2.08. The molecule has 0 atom stereocenters. The van der Waals surface area contributed by atoms with E-state index >= 15 is 0 Å². The molecule has 3 N–H and O–H groups in total. The molecule has 0 unspecified atom stereocenters. The van der Waals surface area contributed by atoms with E-state index in [4.69, 9.17) is 5.73 Å². The van der Waals surface area contributed by atoms with Crippen molar-refractivity contribution in [2.75, 3.05) is 19.4 Å². The summed E-state index contributed by atoms with van der Waals surface area (Å²) in [6.07, 6.45) is 0. The normalized spacial score (nSPS) is 11.3. The number of nitrogen functional groups attached to an aromatic ring is 1. The summed E-state index contributed by atoms with van der Waals surface area (Å²) in [5.74, 6) is -3.23. The zero-order valence-corrected chi connectivity index (χ0v) is 10.1. The monoisotopic (exact) mass is 280 g/mol. The summed E-state index contributed by atoms with van der Waals surface area (Å²) < 4.78 is 55.4. The Morgan fingerprint density at radius 1 is 1.39 bits per heavy atom. The van der Waals surface area contributed by atoms with Gasteiger partial charge in [-0.15, -0.1) is 0 Å². The van der Waals surface area contributed by atoms with Crippen LogP contribution in [0.15, 0.2) is 17.0 Å². The first kappa shape index (κ1) is 14.3. The van der Waals surface area contributed by atoms with Crippen LogP contribution in [0.2, 0.25) is 0 Å².